The van der Waals surface area contributed by atoms with Gasteiger partial charge in [0, 0.05) is 101 Å². The molecule has 16 aromatic rings. The maximum atomic E-state index is 8.58. The minimum absolute atomic E-state index is 0.525. The van der Waals surface area contributed by atoms with Crippen LogP contribution in [0.25, 0.3) is 145 Å². The van der Waals surface area contributed by atoms with Crippen molar-refractivity contribution in [1.82, 2.24) is 49.8 Å². The zero-order valence-corrected chi connectivity index (χ0v) is 50.8. The monoisotopic (exact) mass is 1250 g/mol. The van der Waals surface area contributed by atoms with Gasteiger partial charge in [-0.2, -0.15) is 0 Å². The van der Waals surface area contributed by atoms with Crippen molar-refractivity contribution in [1.29, 1.82) is 0 Å². The summed E-state index contributed by atoms with van der Waals surface area (Å²) in [5.74, 6) is 3.86. The molecule has 0 aliphatic heterocycles. The molecule has 0 saturated heterocycles. The standard InChI is InChI=1S/C39H25N5.C33H20BrN5.C6H7BO2/c1-4-10-26(11-5-1)33-22-31-20-21-32-23-34(25-41-36(32)35(31)40-24-33)27-16-18-30(19-17-27)39-43-37(28-12-6-2-7-13-28)42-38(44-39)29-14-8-3-9-15-29;34-28-18-26-16-15-25-17-27(19-35-29(25)30(26)36-20-28)21-11-13-24(14-12-21)33-38-31(22-7-3-1-4-8-22)37-32(39-33)23-9-5-2-6-10-23;8-7(9)6-4-2-1-3-5-6/h1-25H;1-20H;1-5,8-9H. The topological polar surface area (TPSA) is 169 Å². The molecule has 436 valence electrons. The molecule has 0 saturated carbocycles. The first-order chi connectivity index (χ1) is 45.3. The van der Waals surface area contributed by atoms with Crippen LogP contribution in [0.2, 0.25) is 0 Å². The molecule has 16 rings (SSSR count). The fourth-order valence-corrected chi connectivity index (χ4v) is 11.1. The highest BCUT2D eigenvalue weighted by Crippen LogP contribution is 2.34. The van der Waals surface area contributed by atoms with Gasteiger partial charge in [0.25, 0.3) is 0 Å². The Morgan fingerprint density at radius 2 is 0.457 bits per heavy atom. The molecule has 12 nitrogen and oxygen atoms in total. The Morgan fingerprint density at radius 3 is 0.739 bits per heavy atom. The zero-order valence-electron chi connectivity index (χ0n) is 49.2. The Balaban J connectivity index is 0.000000141. The van der Waals surface area contributed by atoms with E-state index in [4.69, 9.17) is 54.9 Å². The normalized spacial score (nSPS) is 11.0. The third-order valence-corrected chi connectivity index (χ3v) is 16.0. The lowest BCUT2D eigenvalue weighted by Crippen LogP contribution is -2.29. The zero-order chi connectivity index (χ0) is 62.2. The maximum absolute atomic E-state index is 8.58. The molecule has 14 heteroatoms. The molecule has 0 radical (unpaired) electrons. The van der Waals surface area contributed by atoms with Crippen LogP contribution >= 0.6 is 15.9 Å². The summed E-state index contributed by atoms with van der Waals surface area (Å²) in [4.78, 5) is 48.0. The van der Waals surface area contributed by atoms with Crippen molar-refractivity contribution in [3.05, 3.63) is 308 Å². The molecule has 0 fully saturated rings. The molecule has 0 aliphatic rings. The first-order valence-electron chi connectivity index (χ1n) is 29.7. The quantitative estimate of drug-likeness (QED) is 0.0983. The molecule has 10 aromatic carbocycles. The summed E-state index contributed by atoms with van der Waals surface area (Å²) in [6, 6.07) is 92.6. The first kappa shape index (κ1) is 58.0. The predicted molar refractivity (Wildman–Crippen MR) is 374 cm³/mol. The SMILES string of the molecule is Brc1cnc2c(ccc3cc(-c4ccc(-c5nc(-c6ccccc6)nc(-c6ccccc6)n5)cc4)cnc32)c1.OB(O)c1ccccc1.c1ccc(-c2cnc3c(ccc4cc(-c5ccc(-c6nc(-c7ccccc7)nc(-c7ccccc7)n6)cc5)cnc43)c2)cc1. The second-order valence-electron chi connectivity index (χ2n) is 21.6. The fourth-order valence-electron chi connectivity index (χ4n) is 10.8. The molecule has 0 amide bonds. The van der Waals surface area contributed by atoms with Crippen LogP contribution in [0.15, 0.2) is 308 Å². The third kappa shape index (κ3) is 12.9. The van der Waals surface area contributed by atoms with Gasteiger partial charge < -0.3 is 10.0 Å². The molecule has 92 heavy (non-hydrogen) atoms. The number of pyridine rings is 4. The molecule has 2 N–H and O–H groups in total. The summed E-state index contributed by atoms with van der Waals surface area (Å²) in [5.41, 5.74) is 16.2. The van der Waals surface area contributed by atoms with Gasteiger partial charge in [0.2, 0.25) is 0 Å². The van der Waals surface area contributed by atoms with Gasteiger partial charge in [-0.3, -0.25) is 19.9 Å². The molecule has 6 aromatic heterocycles. The van der Waals surface area contributed by atoms with Gasteiger partial charge in [-0.25, -0.2) is 29.9 Å². The Morgan fingerprint density at radius 1 is 0.228 bits per heavy atom. The number of nitrogens with zero attached hydrogens (tertiary/aromatic N) is 10. The second-order valence-corrected chi connectivity index (χ2v) is 22.5. The van der Waals surface area contributed by atoms with Crippen molar-refractivity contribution in [2.24, 2.45) is 0 Å². The lowest BCUT2D eigenvalue weighted by atomic mass is 9.81. The van der Waals surface area contributed by atoms with E-state index in [-0.39, 0.29) is 0 Å². The van der Waals surface area contributed by atoms with E-state index in [1.165, 1.54) is 0 Å². The number of benzene rings is 10. The van der Waals surface area contributed by atoms with E-state index in [1.807, 2.05) is 170 Å². The van der Waals surface area contributed by atoms with E-state index in [0.29, 0.717) is 40.4 Å². The van der Waals surface area contributed by atoms with Crippen molar-refractivity contribution in [3.63, 3.8) is 0 Å². The van der Waals surface area contributed by atoms with Crippen LogP contribution in [-0.4, -0.2) is 67.0 Å². The highest BCUT2D eigenvalue weighted by Gasteiger charge is 2.16. The van der Waals surface area contributed by atoms with Gasteiger partial charge in [0.1, 0.15) is 0 Å². The summed E-state index contributed by atoms with van der Waals surface area (Å²) < 4.78 is 0.955. The Kier molecular flexibility index (Phi) is 16.8. The van der Waals surface area contributed by atoms with E-state index in [1.54, 1.807) is 24.3 Å². The van der Waals surface area contributed by atoms with Gasteiger partial charge >= 0.3 is 7.12 Å². The number of aromatic nitrogens is 10. The maximum Gasteiger partial charge on any atom is 0.488 e. The number of halogens is 1. The van der Waals surface area contributed by atoms with Crippen molar-refractivity contribution in [2.75, 3.05) is 0 Å². The van der Waals surface area contributed by atoms with E-state index in [9.17, 15) is 0 Å². The number of rotatable bonds is 10. The van der Waals surface area contributed by atoms with Crippen molar-refractivity contribution in [3.8, 4) is 102 Å². The van der Waals surface area contributed by atoms with Crippen LogP contribution in [-0.2, 0) is 0 Å². The van der Waals surface area contributed by atoms with Crippen molar-refractivity contribution in [2.45, 2.75) is 0 Å². The van der Waals surface area contributed by atoms with Gasteiger partial charge in [0.05, 0.1) is 22.1 Å². The van der Waals surface area contributed by atoms with Crippen LogP contribution in [0.5, 0.6) is 0 Å². The predicted octanol–water partition coefficient (Wildman–Crippen LogP) is 17.1. The highest BCUT2D eigenvalue weighted by atomic mass is 79.9. The number of hydrogen-bond acceptors (Lipinski definition) is 12. The van der Waals surface area contributed by atoms with Crippen LogP contribution in [0.4, 0.5) is 0 Å². The Hall–Kier alpha value is -11.7. The molecule has 0 aliphatic carbocycles. The molecular weight excluding hydrogens is 1200 g/mol. The Bertz CT molecular complexity index is 5130. The molecular formula is C78H52BBrN10O2. The first-order valence-corrected chi connectivity index (χ1v) is 30.5. The van der Waals surface area contributed by atoms with E-state index in [0.717, 1.165) is 115 Å². The van der Waals surface area contributed by atoms with Crippen LogP contribution < -0.4 is 5.46 Å². The summed E-state index contributed by atoms with van der Waals surface area (Å²) in [6.45, 7) is 0. The summed E-state index contributed by atoms with van der Waals surface area (Å²) >= 11 is 3.50. The fraction of sp³-hybridized carbons (Fsp3) is 0. The molecule has 0 bridgehead atoms. The smallest absolute Gasteiger partial charge is 0.423 e. The van der Waals surface area contributed by atoms with Crippen molar-refractivity contribution >= 4 is 72.1 Å². The van der Waals surface area contributed by atoms with Gasteiger partial charge in [0.15, 0.2) is 34.9 Å². The van der Waals surface area contributed by atoms with Crippen LogP contribution in [0.3, 0.4) is 0 Å². The Labute approximate surface area is 538 Å². The highest BCUT2D eigenvalue weighted by molar-refractivity contribution is 9.10. The minimum Gasteiger partial charge on any atom is -0.423 e. The summed E-state index contributed by atoms with van der Waals surface area (Å²) in [6.07, 6.45) is 7.57. The van der Waals surface area contributed by atoms with E-state index < -0.39 is 7.12 Å². The van der Waals surface area contributed by atoms with Gasteiger partial charge in [-0.05, 0) is 62.3 Å². The largest absolute Gasteiger partial charge is 0.488 e. The number of hydrogen-bond donors (Lipinski definition) is 2. The number of fused-ring (bicyclic) bond motifs is 6. The van der Waals surface area contributed by atoms with E-state index in [2.05, 4.69) is 130 Å². The molecule has 0 spiro atoms. The molecule has 0 unspecified atom stereocenters. The van der Waals surface area contributed by atoms with Crippen LogP contribution in [0.1, 0.15) is 0 Å². The molecule has 0 atom stereocenters. The third-order valence-electron chi connectivity index (χ3n) is 15.5. The van der Waals surface area contributed by atoms with Crippen LogP contribution in [0, 0.1) is 0 Å². The average Bonchev–Trinajstić information content (AvgIpc) is 1.79. The lowest BCUT2D eigenvalue weighted by Gasteiger charge is -2.10. The van der Waals surface area contributed by atoms with Gasteiger partial charge in [-0.15, -0.1) is 0 Å². The molecule has 6 heterocycles. The van der Waals surface area contributed by atoms with Crippen molar-refractivity contribution < 1.29 is 10.0 Å². The lowest BCUT2D eigenvalue weighted by molar-refractivity contribution is 0.426. The summed E-state index contributed by atoms with van der Waals surface area (Å²) in [7, 11) is -1.34. The average molecular weight is 1250 g/mol. The second kappa shape index (κ2) is 26.6. The summed E-state index contributed by atoms with van der Waals surface area (Å²) in [5, 5.41) is 21.4. The van der Waals surface area contributed by atoms with Gasteiger partial charge in [-0.1, -0.05) is 255 Å². The van der Waals surface area contributed by atoms with E-state index >= 15 is 0 Å². The minimum atomic E-state index is -1.34.